The van der Waals surface area contributed by atoms with Crippen molar-refractivity contribution in [3.05, 3.63) is 65.6 Å². The van der Waals surface area contributed by atoms with Gasteiger partial charge in [0.1, 0.15) is 17.4 Å². The van der Waals surface area contributed by atoms with Crippen LogP contribution in [-0.4, -0.2) is 52.4 Å². The summed E-state index contributed by atoms with van der Waals surface area (Å²) in [5, 5.41) is 0.689. The molecule has 0 aliphatic carbocycles. The number of likely N-dealkylation sites (tertiary alicyclic amines) is 1. The highest BCUT2D eigenvalue weighted by atomic mass is 32.1. The molecule has 0 spiro atoms. The molecule has 0 saturated carbocycles. The lowest BCUT2D eigenvalue weighted by atomic mass is 9.98. The molecule has 1 aliphatic rings. The van der Waals surface area contributed by atoms with E-state index in [1.165, 1.54) is 23.7 Å². The first-order valence-electron chi connectivity index (χ1n) is 11.8. The lowest BCUT2D eigenvalue weighted by Gasteiger charge is -2.32. The molecule has 186 valence electrons. The molecule has 3 heterocycles. The Hall–Kier alpha value is -3.27. The van der Waals surface area contributed by atoms with Crippen LogP contribution in [0.1, 0.15) is 43.3 Å². The third kappa shape index (κ3) is 6.88. The quantitative estimate of drug-likeness (QED) is 0.388. The number of nitrogens with zero attached hydrogens (tertiary/aromatic N) is 4. The van der Waals surface area contributed by atoms with Crippen LogP contribution in [0.25, 0.3) is 0 Å². The number of hydrogen-bond acceptors (Lipinski definition) is 8. The van der Waals surface area contributed by atoms with Gasteiger partial charge in [0.15, 0.2) is 0 Å². The van der Waals surface area contributed by atoms with E-state index in [1.807, 2.05) is 17.0 Å². The van der Waals surface area contributed by atoms with Gasteiger partial charge in [-0.25, -0.2) is 9.37 Å². The molecule has 1 saturated heterocycles. The summed E-state index contributed by atoms with van der Waals surface area (Å²) in [5.74, 6) is 0.626. The predicted octanol–water partition coefficient (Wildman–Crippen LogP) is 4.06. The van der Waals surface area contributed by atoms with Crippen LogP contribution in [0.15, 0.2) is 47.1 Å². The minimum Gasteiger partial charge on any atom is -0.467 e. The summed E-state index contributed by atoms with van der Waals surface area (Å²) in [7, 11) is 0. The van der Waals surface area contributed by atoms with E-state index >= 15 is 0 Å². The van der Waals surface area contributed by atoms with Crippen LogP contribution >= 0.6 is 11.5 Å². The van der Waals surface area contributed by atoms with E-state index < -0.39 is 0 Å². The number of hydrogen-bond donors (Lipinski definition) is 0. The molecular weight excluding hydrogens is 471 g/mol. The number of ether oxygens (including phenoxy) is 1. The van der Waals surface area contributed by atoms with Crippen LogP contribution in [0.3, 0.4) is 0 Å². The molecule has 1 amide bonds. The van der Waals surface area contributed by atoms with Crippen molar-refractivity contribution >= 4 is 28.5 Å². The molecule has 3 aromatic rings. The number of piperidine rings is 1. The van der Waals surface area contributed by atoms with Gasteiger partial charge in [-0.15, -0.1) is 0 Å². The van der Waals surface area contributed by atoms with Crippen molar-refractivity contribution in [1.82, 2.24) is 14.3 Å². The maximum absolute atomic E-state index is 13.2. The summed E-state index contributed by atoms with van der Waals surface area (Å²) in [6.45, 7) is 4.07. The van der Waals surface area contributed by atoms with Gasteiger partial charge in [0, 0.05) is 44.0 Å². The summed E-state index contributed by atoms with van der Waals surface area (Å²) in [6, 6.07) is 9.98. The van der Waals surface area contributed by atoms with Crippen LogP contribution in [0, 0.1) is 11.7 Å². The fourth-order valence-corrected chi connectivity index (χ4v) is 4.82. The molecule has 0 bridgehead atoms. The SMILES string of the molecule is CCOC(=O)C1CCCN(C(=O)CCN(Cc2ccco2)c2nc(Cc3ccc(F)cc3)ns2)C1. The second kappa shape index (κ2) is 11.9. The average Bonchev–Trinajstić information content (AvgIpc) is 3.55. The highest BCUT2D eigenvalue weighted by Crippen LogP contribution is 2.23. The number of anilines is 1. The first kappa shape index (κ1) is 24.8. The van der Waals surface area contributed by atoms with Gasteiger partial charge in [-0.05, 0) is 49.6 Å². The van der Waals surface area contributed by atoms with Gasteiger partial charge in [0.05, 0.1) is 25.3 Å². The number of carbonyl (C=O) groups is 2. The molecule has 35 heavy (non-hydrogen) atoms. The van der Waals surface area contributed by atoms with Crippen molar-refractivity contribution in [1.29, 1.82) is 0 Å². The molecule has 8 nitrogen and oxygen atoms in total. The number of halogens is 1. The summed E-state index contributed by atoms with van der Waals surface area (Å²) in [5.41, 5.74) is 0.921. The van der Waals surface area contributed by atoms with Crippen LogP contribution < -0.4 is 4.90 Å². The number of benzene rings is 1. The van der Waals surface area contributed by atoms with Crippen molar-refractivity contribution in [3.8, 4) is 0 Å². The third-order valence-electron chi connectivity index (χ3n) is 5.92. The summed E-state index contributed by atoms with van der Waals surface area (Å²) in [4.78, 5) is 33.5. The smallest absolute Gasteiger partial charge is 0.310 e. The molecule has 2 aromatic heterocycles. The first-order chi connectivity index (χ1) is 17.0. The summed E-state index contributed by atoms with van der Waals surface area (Å²) >= 11 is 1.26. The highest BCUT2D eigenvalue weighted by molar-refractivity contribution is 7.09. The van der Waals surface area contributed by atoms with Crippen molar-refractivity contribution in [2.45, 2.75) is 39.2 Å². The Kier molecular flexibility index (Phi) is 8.46. The van der Waals surface area contributed by atoms with Gasteiger partial charge in [0.2, 0.25) is 11.0 Å². The molecule has 4 rings (SSSR count). The Labute approximate surface area is 207 Å². The summed E-state index contributed by atoms with van der Waals surface area (Å²) < 4.78 is 28.3. The van der Waals surface area contributed by atoms with E-state index in [0.29, 0.717) is 50.2 Å². The van der Waals surface area contributed by atoms with Gasteiger partial charge in [-0.1, -0.05) is 12.1 Å². The lowest BCUT2D eigenvalue weighted by molar-refractivity contribution is -0.151. The second-order valence-corrected chi connectivity index (χ2v) is 9.21. The molecule has 1 unspecified atom stereocenters. The highest BCUT2D eigenvalue weighted by Gasteiger charge is 2.29. The second-order valence-electron chi connectivity index (χ2n) is 8.48. The molecule has 1 aromatic carbocycles. The number of aromatic nitrogens is 2. The van der Waals surface area contributed by atoms with Crippen molar-refractivity contribution in [2.75, 3.05) is 31.1 Å². The standard InChI is InChI=1S/C25H29FN4O4S/c1-2-33-24(32)19-5-3-12-29(16-19)23(31)11-13-30(17-21-6-4-14-34-21)25-27-22(28-35-25)15-18-7-9-20(26)10-8-18/h4,6-10,14,19H,2-3,5,11-13,15-17H2,1H3. The Morgan fingerprint density at radius 3 is 2.86 bits per heavy atom. The third-order valence-corrected chi connectivity index (χ3v) is 6.73. The summed E-state index contributed by atoms with van der Waals surface area (Å²) in [6.07, 6.45) is 3.92. The molecule has 0 N–H and O–H groups in total. The Morgan fingerprint density at radius 2 is 2.11 bits per heavy atom. The normalized spacial score (nSPS) is 15.7. The maximum atomic E-state index is 13.2. The molecule has 1 fully saturated rings. The monoisotopic (exact) mass is 500 g/mol. The van der Waals surface area contributed by atoms with E-state index in [1.54, 1.807) is 30.2 Å². The van der Waals surface area contributed by atoms with E-state index in [2.05, 4.69) is 9.36 Å². The van der Waals surface area contributed by atoms with Gasteiger partial charge in [-0.3, -0.25) is 9.59 Å². The number of esters is 1. The van der Waals surface area contributed by atoms with Crippen LogP contribution in [-0.2, 0) is 27.3 Å². The number of carbonyl (C=O) groups excluding carboxylic acids is 2. The molecule has 10 heteroatoms. The van der Waals surface area contributed by atoms with E-state index in [4.69, 9.17) is 9.15 Å². The predicted molar refractivity (Wildman–Crippen MR) is 129 cm³/mol. The van der Waals surface area contributed by atoms with E-state index in [0.717, 1.165) is 24.2 Å². The topological polar surface area (TPSA) is 88.8 Å². The first-order valence-corrected chi connectivity index (χ1v) is 12.6. The van der Waals surface area contributed by atoms with Gasteiger partial charge in [0.25, 0.3) is 0 Å². The number of furan rings is 1. The minimum atomic E-state index is -0.280. The Morgan fingerprint density at radius 1 is 1.29 bits per heavy atom. The molecule has 1 aliphatic heterocycles. The molecular formula is C25H29FN4O4S. The zero-order chi connectivity index (χ0) is 24.6. The van der Waals surface area contributed by atoms with E-state index in [-0.39, 0.29) is 30.0 Å². The largest absolute Gasteiger partial charge is 0.467 e. The van der Waals surface area contributed by atoms with Gasteiger partial charge >= 0.3 is 5.97 Å². The Bertz CT molecular complexity index is 1100. The van der Waals surface area contributed by atoms with Crippen LogP contribution in [0.2, 0.25) is 0 Å². The zero-order valence-electron chi connectivity index (χ0n) is 19.7. The van der Waals surface area contributed by atoms with Crippen LogP contribution in [0.4, 0.5) is 9.52 Å². The minimum absolute atomic E-state index is 0.000468. The van der Waals surface area contributed by atoms with Crippen molar-refractivity contribution in [3.63, 3.8) is 0 Å². The maximum Gasteiger partial charge on any atom is 0.310 e. The fraction of sp³-hybridized carbons (Fsp3) is 0.440. The number of amides is 1. The molecule has 0 radical (unpaired) electrons. The van der Waals surface area contributed by atoms with Crippen LogP contribution in [0.5, 0.6) is 0 Å². The zero-order valence-corrected chi connectivity index (χ0v) is 20.5. The van der Waals surface area contributed by atoms with Crippen molar-refractivity contribution in [2.24, 2.45) is 5.92 Å². The molecule has 1 atom stereocenters. The van der Waals surface area contributed by atoms with Crippen molar-refractivity contribution < 1.29 is 23.1 Å². The Balaban J connectivity index is 1.40. The lowest BCUT2D eigenvalue weighted by Crippen LogP contribution is -2.43. The number of rotatable bonds is 10. The van der Waals surface area contributed by atoms with E-state index in [9.17, 15) is 14.0 Å². The average molecular weight is 501 g/mol. The fourth-order valence-electron chi connectivity index (χ4n) is 4.11. The van der Waals surface area contributed by atoms with Gasteiger partial charge < -0.3 is 19.0 Å². The van der Waals surface area contributed by atoms with Gasteiger partial charge in [-0.2, -0.15) is 4.37 Å².